The lowest BCUT2D eigenvalue weighted by atomic mass is 10.0. The van der Waals surface area contributed by atoms with Gasteiger partial charge in [-0.25, -0.2) is 14.2 Å². The van der Waals surface area contributed by atoms with Gasteiger partial charge >= 0.3 is 17.8 Å². The van der Waals surface area contributed by atoms with Crippen LogP contribution in [-0.2, 0) is 23.9 Å². The van der Waals surface area contributed by atoms with Crippen LogP contribution in [0.4, 0.5) is 0 Å². The molecule has 1 saturated heterocycles. The van der Waals surface area contributed by atoms with Gasteiger partial charge in [0.2, 0.25) is 16.8 Å². The van der Waals surface area contributed by atoms with E-state index in [9.17, 15) is 19.6 Å². The zero-order chi connectivity index (χ0) is 23.6. The number of hydrogen-bond acceptors (Lipinski definition) is 8. The van der Waals surface area contributed by atoms with Gasteiger partial charge in [0.05, 0.1) is 0 Å². The number of carbonyl (C=O) groups is 3. The first-order valence-electron chi connectivity index (χ1n) is 10.3. The zero-order valence-electron chi connectivity index (χ0n) is 18.1. The molecular formula is C24H22N2O6S. The molecule has 1 fully saturated rings. The molecule has 33 heavy (non-hydrogen) atoms. The van der Waals surface area contributed by atoms with E-state index >= 15 is 0 Å². The highest BCUT2D eigenvalue weighted by atomic mass is 32.2. The Bertz CT molecular complexity index is 1110. The van der Waals surface area contributed by atoms with Gasteiger partial charge in [0.15, 0.2) is 6.10 Å². The van der Waals surface area contributed by atoms with Gasteiger partial charge in [-0.05, 0) is 11.1 Å². The molecule has 0 aromatic heterocycles. The number of aliphatic imine (C=N–C) groups is 1. The van der Waals surface area contributed by atoms with Gasteiger partial charge in [0.25, 0.3) is 0 Å². The summed E-state index contributed by atoms with van der Waals surface area (Å²) in [7, 11) is 1.44. The summed E-state index contributed by atoms with van der Waals surface area (Å²) in [4.78, 5) is 41.5. The maximum absolute atomic E-state index is 13.7. The standard InChI is InChI=1S/C24H22N2O6S/c1-15(27)31-13-18-14-33-23-19(25-2)22(28)26(23,30)20(18)24(29)32-21(16-9-5-3-6-10-16)17-11-7-4-8-12-17/h3-12,21,23H,13-14H2,1-2H3/t23-,26?/m0/s1. The SMILES string of the molecule is CN=C1C(=O)[N+]2([O-])C(C(=O)OC(c3ccccc3)c3ccccc3)=C(COC(C)=O)CS[C@@H]12. The van der Waals surface area contributed by atoms with Crippen molar-refractivity contribution in [3.63, 3.8) is 0 Å². The maximum Gasteiger partial charge on any atom is 0.394 e. The summed E-state index contributed by atoms with van der Waals surface area (Å²) in [6, 6.07) is 18.2. The molecule has 0 bridgehead atoms. The first kappa shape index (κ1) is 22.9. The lowest BCUT2D eigenvalue weighted by Crippen LogP contribution is -2.73. The average molecular weight is 467 g/mol. The summed E-state index contributed by atoms with van der Waals surface area (Å²) < 4.78 is 9.45. The number of nitrogens with zero attached hydrogens (tertiary/aromatic N) is 2. The van der Waals surface area contributed by atoms with E-state index in [1.807, 2.05) is 60.7 Å². The topological polar surface area (TPSA) is 105 Å². The van der Waals surface area contributed by atoms with Crippen molar-refractivity contribution in [1.82, 2.24) is 0 Å². The molecule has 1 amide bonds. The summed E-state index contributed by atoms with van der Waals surface area (Å²) >= 11 is 1.19. The fourth-order valence-corrected chi connectivity index (χ4v) is 5.26. The minimum absolute atomic E-state index is 0.134. The molecule has 2 aromatic rings. The Kier molecular flexibility index (Phi) is 6.46. The van der Waals surface area contributed by atoms with Gasteiger partial charge in [-0.2, -0.15) is 0 Å². The second-order valence-electron chi connectivity index (χ2n) is 7.57. The van der Waals surface area contributed by atoms with E-state index in [4.69, 9.17) is 9.47 Å². The lowest BCUT2D eigenvalue weighted by Gasteiger charge is -2.54. The average Bonchev–Trinajstić information content (AvgIpc) is 2.83. The number of thioether (sulfide) groups is 1. The molecule has 0 N–H and O–H groups in total. The molecule has 0 saturated carbocycles. The smallest absolute Gasteiger partial charge is 0.394 e. The molecular weight excluding hydrogens is 444 g/mol. The molecule has 1 unspecified atom stereocenters. The van der Waals surface area contributed by atoms with Crippen molar-refractivity contribution in [2.75, 3.05) is 19.4 Å². The first-order valence-corrected chi connectivity index (χ1v) is 11.3. The minimum atomic E-state index is -1.50. The van der Waals surface area contributed by atoms with Crippen molar-refractivity contribution < 1.29 is 28.5 Å². The summed E-state index contributed by atoms with van der Waals surface area (Å²) in [5, 5.41) is 12.9. The van der Waals surface area contributed by atoms with E-state index in [1.165, 1.54) is 25.7 Å². The molecule has 2 heterocycles. The second kappa shape index (κ2) is 9.30. The van der Waals surface area contributed by atoms with Crippen molar-refractivity contribution in [3.8, 4) is 0 Å². The lowest BCUT2D eigenvalue weighted by molar-refractivity contribution is -0.773. The third-order valence-electron chi connectivity index (χ3n) is 5.48. The number of benzene rings is 2. The van der Waals surface area contributed by atoms with E-state index < -0.39 is 34.0 Å². The van der Waals surface area contributed by atoms with Gasteiger partial charge in [-0.1, -0.05) is 72.4 Å². The Labute approximate surface area is 195 Å². The molecule has 0 spiro atoms. The largest absolute Gasteiger partial charge is 0.618 e. The van der Waals surface area contributed by atoms with Crippen LogP contribution < -0.4 is 0 Å². The van der Waals surface area contributed by atoms with Crippen LogP contribution >= 0.6 is 11.8 Å². The summed E-state index contributed by atoms with van der Waals surface area (Å²) in [5.41, 5.74) is 1.48. The molecule has 2 atom stereocenters. The number of rotatable bonds is 6. The predicted octanol–water partition coefficient (Wildman–Crippen LogP) is 3.13. The fourth-order valence-electron chi connectivity index (χ4n) is 3.91. The van der Waals surface area contributed by atoms with Crippen LogP contribution in [-0.4, -0.2) is 53.0 Å². The number of fused-ring (bicyclic) bond motifs is 1. The van der Waals surface area contributed by atoms with Crippen LogP contribution in [0.15, 0.2) is 76.9 Å². The molecule has 2 aliphatic heterocycles. The molecule has 9 heteroatoms. The van der Waals surface area contributed by atoms with Crippen LogP contribution in [0.2, 0.25) is 0 Å². The quantitative estimate of drug-likeness (QED) is 0.279. The number of quaternary nitrogens is 1. The van der Waals surface area contributed by atoms with Crippen molar-refractivity contribution in [2.45, 2.75) is 18.4 Å². The third kappa shape index (κ3) is 4.10. The van der Waals surface area contributed by atoms with Crippen LogP contribution in [0.5, 0.6) is 0 Å². The number of carbonyl (C=O) groups excluding carboxylic acids is 3. The van der Waals surface area contributed by atoms with Crippen LogP contribution in [0, 0.1) is 5.21 Å². The summed E-state index contributed by atoms with van der Waals surface area (Å²) in [6.45, 7) is 0.964. The van der Waals surface area contributed by atoms with Crippen molar-refractivity contribution in [3.05, 3.63) is 88.3 Å². The second-order valence-corrected chi connectivity index (χ2v) is 8.64. The van der Waals surface area contributed by atoms with Crippen molar-refractivity contribution in [2.24, 2.45) is 4.99 Å². The summed E-state index contributed by atoms with van der Waals surface area (Å²) in [6.07, 6.45) is -0.794. The third-order valence-corrected chi connectivity index (χ3v) is 6.83. The van der Waals surface area contributed by atoms with Crippen molar-refractivity contribution in [1.29, 1.82) is 0 Å². The van der Waals surface area contributed by atoms with E-state index in [1.54, 1.807) is 0 Å². The molecule has 2 aliphatic rings. The molecule has 2 aromatic carbocycles. The highest BCUT2D eigenvalue weighted by molar-refractivity contribution is 8.00. The molecule has 0 radical (unpaired) electrons. The predicted molar refractivity (Wildman–Crippen MR) is 123 cm³/mol. The van der Waals surface area contributed by atoms with E-state index in [0.29, 0.717) is 11.1 Å². The Hall–Kier alpha value is -3.27. The number of β-lactam (4-membered cyclic amide) rings is 1. The summed E-state index contributed by atoms with van der Waals surface area (Å²) in [5.74, 6) is -2.05. The van der Waals surface area contributed by atoms with E-state index in [-0.39, 0.29) is 29.3 Å². The number of hydroxylamine groups is 3. The number of ether oxygens (including phenoxy) is 2. The van der Waals surface area contributed by atoms with Gasteiger partial charge in [0.1, 0.15) is 6.61 Å². The Morgan fingerprint density at radius 2 is 1.70 bits per heavy atom. The number of amides is 1. The minimum Gasteiger partial charge on any atom is -0.618 e. The fraction of sp³-hybridized carbons (Fsp3) is 0.250. The van der Waals surface area contributed by atoms with Gasteiger partial charge in [-0.3, -0.25) is 9.79 Å². The maximum atomic E-state index is 13.7. The Morgan fingerprint density at radius 3 is 2.21 bits per heavy atom. The van der Waals surface area contributed by atoms with Crippen LogP contribution in [0.25, 0.3) is 0 Å². The monoisotopic (exact) mass is 466 g/mol. The number of esters is 2. The highest BCUT2D eigenvalue weighted by Crippen LogP contribution is 2.46. The van der Waals surface area contributed by atoms with Gasteiger partial charge in [-0.15, -0.1) is 0 Å². The molecule has 170 valence electrons. The highest BCUT2D eigenvalue weighted by Gasteiger charge is 2.63. The van der Waals surface area contributed by atoms with E-state index in [2.05, 4.69) is 4.99 Å². The number of hydrogen-bond donors (Lipinski definition) is 0. The normalized spacial score (nSPS) is 23.2. The van der Waals surface area contributed by atoms with Gasteiger partial charge in [0, 0.05) is 25.3 Å². The van der Waals surface area contributed by atoms with Crippen LogP contribution in [0.3, 0.4) is 0 Å². The van der Waals surface area contributed by atoms with Crippen LogP contribution in [0.1, 0.15) is 24.2 Å². The van der Waals surface area contributed by atoms with Gasteiger partial charge < -0.3 is 14.7 Å². The zero-order valence-corrected chi connectivity index (χ0v) is 18.9. The first-order chi connectivity index (χ1) is 15.9. The molecule has 8 nitrogen and oxygen atoms in total. The Balaban J connectivity index is 1.74. The van der Waals surface area contributed by atoms with E-state index in [0.717, 1.165) is 0 Å². The van der Waals surface area contributed by atoms with Crippen molar-refractivity contribution >= 4 is 35.3 Å². The molecule has 0 aliphatic carbocycles. The Morgan fingerprint density at radius 1 is 1.12 bits per heavy atom. The molecule has 4 rings (SSSR count).